The Bertz CT molecular complexity index is 529. The molecule has 24 heavy (non-hydrogen) atoms. The molecule has 2 N–H and O–H groups in total. The Kier molecular flexibility index (Phi) is 8.97. The van der Waals surface area contributed by atoms with E-state index in [9.17, 15) is 23.5 Å². The summed E-state index contributed by atoms with van der Waals surface area (Å²) in [7, 11) is 0. The van der Waals surface area contributed by atoms with Crippen LogP contribution in [-0.4, -0.2) is 23.0 Å². The standard InChI is InChI=1S/C18H25F2NO3/c1-2-3-4-5-6-7-11-16(18(23)24)21-17(22)12-13-14(19)9-8-10-15(13)20/h8-10,16H,2-7,11-12H2,1H3,(H,21,22)(H,23,24)/t16-/m1/s1. The van der Waals surface area contributed by atoms with Crippen molar-refractivity contribution in [1.29, 1.82) is 0 Å². The van der Waals surface area contributed by atoms with Crippen LogP contribution in [0.3, 0.4) is 0 Å². The number of hydrogen-bond acceptors (Lipinski definition) is 2. The molecule has 0 unspecified atom stereocenters. The number of carbonyl (C=O) groups excluding carboxylic acids is 1. The predicted molar refractivity (Wildman–Crippen MR) is 87.6 cm³/mol. The molecule has 1 aromatic rings. The Morgan fingerprint density at radius 2 is 1.67 bits per heavy atom. The summed E-state index contributed by atoms with van der Waals surface area (Å²) in [5, 5.41) is 11.5. The Morgan fingerprint density at radius 1 is 1.08 bits per heavy atom. The molecule has 0 spiro atoms. The number of benzene rings is 1. The van der Waals surface area contributed by atoms with Crippen molar-refractivity contribution < 1.29 is 23.5 Å². The molecule has 0 saturated heterocycles. The average molecular weight is 341 g/mol. The molecule has 0 radical (unpaired) electrons. The molecule has 0 aromatic heterocycles. The zero-order valence-electron chi connectivity index (χ0n) is 14.0. The molecule has 1 atom stereocenters. The second-order valence-electron chi connectivity index (χ2n) is 5.89. The number of halogens is 2. The van der Waals surface area contributed by atoms with E-state index in [-0.39, 0.29) is 5.56 Å². The van der Waals surface area contributed by atoms with Crippen LogP contribution in [0.15, 0.2) is 18.2 Å². The van der Waals surface area contributed by atoms with Crippen LogP contribution in [0.25, 0.3) is 0 Å². The van der Waals surface area contributed by atoms with Crippen LogP contribution in [0.4, 0.5) is 8.78 Å². The number of amides is 1. The summed E-state index contributed by atoms with van der Waals surface area (Å²) < 4.78 is 27.0. The summed E-state index contributed by atoms with van der Waals surface area (Å²) in [4.78, 5) is 23.1. The minimum absolute atomic E-state index is 0.312. The van der Waals surface area contributed by atoms with Gasteiger partial charge in [-0.1, -0.05) is 51.5 Å². The number of carbonyl (C=O) groups is 2. The minimum atomic E-state index is -1.13. The topological polar surface area (TPSA) is 66.4 Å². The van der Waals surface area contributed by atoms with Crippen LogP contribution in [0.5, 0.6) is 0 Å². The fourth-order valence-corrected chi connectivity index (χ4v) is 2.49. The maximum Gasteiger partial charge on any atom is 0.326 e. The van der Waals surface area contributed by atoms with Crippen LogP contribution in [0.1, 0.15) is 57.4 Å². The number of aliphatic carboxylic acids is 1. The molecule has 134 valence electrons. The van der Waals surface area contributed by atoms with Crippen molar-refractivity contribution in [3.63, 3.8) is 0 Å². The molecule has 0 fully saturated rings. The fourth-order valence-electron chi connectivity index (χ4n) is 2.49. The number of carboxylic acid groups (broad SMARTS) is 1. The Labute approximate surface area is 141 Å². The lowest BCUT2D eigenvalue weighted by molar-refractivity contribution is -0.142. The van der Waals surface area contributed by atoms with Gasteiger partial charge in [-0.2, -0.15) is 0 Å². The highest BCUT2D eigenvalue weighted by Crippen LogP contribution is 2.13. The van der Waals surface area contributed by atoms with Crippen molar-refractivity contribution >= 4 is 11.9 Å². The van der Waals surface area contributed by atoms with E-state index >= 15 is 0 Å². The maximum absolute atomic E-state index is 13.5. The van der Waals surface area contributed by atoms with Crippen molar-refractivity contribution in [3.05, 3.63) is 35.4 Å². The second kappa shape index (κ2) is 10.7. The van der Waals surface area contributed by atoms with E-state index < -0.39 is 36.0 Å². The van der Waals surface area contributed by atoms with Gasteiger partial charge < -0.3 is 10.4 Å². The summed E-state index contributed by atoms with van der Waals surface area (Å²) in [6.45, 7) is 2.12. The molecule has 1 aromatic carbocycles. The fraction of sp³-hybridized carbons (Fsp3) is 0.556. The molecule has 0 bridgehead atoms. The second-order valence-corrected chi connectivity index (χ2v) is 5.89. The third-order valence-corrected chi connectivity index (χ3v) is 3.88. The highest BCUT2D eigenvalue weighted by molar-refractivity contribution is 5.84. The first-order chi connectivity index (χ1) is 11.5. The molecule has 1 rings (SSSR count). The van der Waals surface area contributed by atoms with Crippen molar-refractivity contribution in [3.8, 4) is 0 Å². The summed E-state index contributed by atoms with van der Waals surface area (Å²) in [6.07, 6.45) is 5.85. The molecular weight excluding hydrogens is 316 g/mol. The highest BCUT2D eigenvalue weighted by Gasteiger charge is 2.21. The van der Waals surface area contributed by atoms with Gasteiger partial charge in [0.05, 0.1) is 6.42 Å². The van der Waals surface area contributed by atoms with E-state index in [0.717, 1.165) is 44.2 Å². The molecule has 0 saturated carbocycles. The van der Waals surface area contributed by atoms with Gasteiger partial charge in [-0.3, -0.25) is 4.79 Å². The van der Waals surface area contributed by atoms with E-state index in [1.807, 2.05) is 0 Å². The van der Waals surface area contributed by atoms with Gasteiger partial charge in [0.2, 0.25) is 5.91 Å². The van der Waals surface area contributed by atoms with E-state index in [1.54, 1.807) is 0 Å². The van der Waals surface area contributed by atoms with Crippen molar-refractivity contribution in [1.82, 2.24) is 5.32 Å². The first kappa shape index (κ1) is 20.1. The first-order valence-corrected chi connectivity index (χ1v) is 8.40. The van der Waals surface area contributed by atoms with E-state index in [0.29, 0.717) is 12.8 Å². The zero-order chi connectivity index (χ0) is 17.9. The highest BCUT2D eigenvalue weighted by atomic mass is 19.1. The van der Waals surface area contributed by atoms with Gasteiger partial charge in [0.25, 0.3) is 0 Å². The molecule has 0 heterocycles. The summed E-state index contributed by atoms with van der Waals surface area (Å²) in [6, 6.07) is 2.32. The lowest BCUT2D eigenvalue weighted by Crippen LogP contribution is -2.41. The van der Waals surface area contributed by atoms with Crippen LogP contribution < -0.4 is 5.32 Å². The molecule has 0 aliphatic carbocycles. The van der Waals surface area contributed by atoms with Crippen LogP contribution in [0, 0.1) is 11.6 Å². The average Bonchev–Trinajstić information content (AvgIpc) is 2.53. The van der Waals surface area contributed by atoms with Crippen LogP contribution in [0.2, 0.25) is 0 Å². The Balaban J connectivity index is 2.47. The lowest BCUT2D eigenvalue weighted by atomic mass is 10.0. The smallest absolute Gasteiger partial charge is 0.326 e. The first-order valence-electron chi connectivity index (χ1n) is 8.40. The lowest BCUT2D eigenvalue weighted by Gasteiger charge is -2.15. The van der Waals surface area contributed by atoms with Gasteiger partial charge in [-0.25, -0.2) is 13.6 Å². The number of rotatable bonds is 11. The van der Waals surface area contributed by atoms with E-state index in [2.05, 4.69) is 12.2 Å². The summed E-state index contributed by atoms with van der Waals surface area (Å²) in [5.41, 5.74) is -0.348. The maximum atomic E-state index is 13.5. The number of nitrogens with one attached hydrogen (secondary N) is 1. The van der Waals surface area contributed by atoms with Crippen LogP contribution in [-0.2, 0) is 16.0 Å². The summed E-state index contributed by atoms with van der Waals surface area (Å²) in [5.74, 6) is -3.45. The van der Waals surface area contributed by atoms with Crippen molar-refractivity contribution in [2.75, 3.05) is 0 Å². The van der Waals surface area contributed by atoms with Crippen molar-refractivity contribution in [2.45, 2.75) is 64.3 Å². The SMILES string of the molecule is CCCCCCCC[C@@H](NC(=O)Cc1c(F)cccc1F)C(=O)O. The van der Waals surface area contributed by atoms with E-state index in [4.69, 9.17) is 0 Å². The van der Waals surface area contributed by atoms with Gasteiger partial charge >= 0.3 is 5.97 Å². The van der Waals surface area contributed by atoms with Crippen molar-refractivity contribution in [2.24, 2.45) is 0 Å². The molecule has 4 nitrogen and oxygen atoms in total. The third-order valence-electron chi connectivity index (χ3n) is 3.88. The normalized spacial score (nSPS) is 12.0. The molecular formula is C18H25F2NO3. The van der Waals surface area contributed by atoms with Gasteiger partial charge in [0.15, 0.2) is 0 Å². The molecule has 6 heteroatoms. The van der Waals surface area contributed by atoms with Gasteiger partial charge in [0.1, 0.15) is 17.7 Å². The molecule has 1 amide bonds. The van der Waals surface area contributed by atoms with Gasteiger partial charge in [-0.15, -0.1) is 0 Å². The largest absolute Gasteiger partial charge is 0.480 e. The molecule has 0 aliphatic heterocycles. The predicted octanol–water partition coefficient (Wildman–Crippen LogP) is 3.83. The zero-order valence-corrected chi connectivity index (χ0v) is 14.0. The van der Waals surface area contributed by atoms with Gasteiger partial charge in [-0.05, 0) is 18.6 Å². The number of hydrogen-bond donors (Lipinski definition) is 2. The monoisotopic (exact) mass is 341 g/mol. The third kappa shape index (κ3) is 7.06. The minimum Gasteiger partial charge on any atom is -0.480 e. The Morgan fingerprint density at radius 3 is 2.25 bits per heavy atom. The summed E-state index contributed by atoms with van der Waals surface area (Å²) >= 11 is 0. The van der Waals surface area contributed by atoms with Crippen LogP contribution >= 0.6 is 0 Å². The Hall–Kier alpha value is -1.98. The molecule has 0 aliphatic rings. The number of carboxylic acids is 1. The van der Waals surface area contributed by atoms with Gasteiger partial charge in [0, 0.05) is 5.56 Å². The van der Waals surface area contributed by atoms with E-state index in [1.165, 1.54) is 6.07 Å². The quantitative estimate of drug-likeness (QED) is 0.601. The number of unbranched alkanes of at least 4 members (excludes halogenated alkanes) is 5.